The smallest absolute Gasteiger partial charge is 0.344 e. The quantitative estimate of drug-likeness (QED) is 0.164. The molecule has 2 heterocycles. The molecule has 0 aromatic heterocycles. The molecule has 5 unspecified atom stereocenters. The van der Waals surface area contributed by atoms with Gasteiger partial charge >= 0.3 is 5.97 Å². The molecule has 10 nitrogen and oxygen atoms in total. The Hall–Kier alpha value is -3.15. The third kappa shape index (κ3) is 3.94. The Balaban J connectivity index is 1.52. The molecule has 1 saturated heterocycles. The second-order valence-electron chi connectivity index (χ2n) is 7.17. The number of aliphatic hydroxyl groups is 4. The second-order valence-corrected chi connectivity index (χ2v) is 7.17. The predicted octanol–water partition coefficient (Wildman–Crippen LogP) is -0.264. The molecule has 2 aliphatic rings. The molecular weight excluding hydrogens is 412 g/mol. The van der Waals surface area contributed by atoms with Crippen LogP contribution in [0.15, 0.2) is 36.4 Å². The third-order valence-electron chi connectivity index (χ3n) is 5.08. The number of ether oxygens (including phenoxy) is 3. The Kier molecular flexibility index (Phi) is 5.56. The molecule has 1 fully saturated rings. The number of esters is 1. The third-order valence-corrected chi connectivity index (χ3v) is 5.08. The number of phenols is 2. The van der Waals surface area contributed by atoms with Crippen LogP contribution in [0.2, 0.25) is 0 Å². The number of aromatic hydroxyl groups is 2. The molecule has 2 aromatic rings. The van der Waals surface area contributed by atoms with E-state index in [2.05, 4.69) is 0 Å². The second kappa shape index (κ2) is 8.17. The van der Waals surface area contributed by atoms with Crippen molar-refractivity contribution in [1.29, 1.82) is 0 Å². The summed E-state index contributed by atoms with van der Waals surface area (Å²) >= 11 is 0. The minimum absolute atomic E-state index is 0.133. The van der Waals surface area contributed by atoms with Crippen LogP contribution < -0.4 is 9.47 Å². The predicted molar refractivity (Wildman–Crippen MR) is 104 cm³/mol. The fraction of sp³-hybridized carbons (Fsp3) is 0.286. The van der Waals surface area contributed by atoms with Gasteiger partial charge in [0, 0.05) is 11.6 Å². The molecule has 4 rings (SSSR count). The summed E-state index contributed by atoms with van der Waals surface area (Å²) < 4.78 is 15.9. The number of hydrogen-bond acceptors (Lipinski definition) is 10. The fourth-order valence-electron chi connectivity index (χ4n) is 3.36. The van der Waals surface area contributed by atoms with Gasteiger partial charge in [0.2, 0.25) is 6.29 Å². The van der Waals surface area contributed by atoms with Gasteiger partial charge in [-0.1, -0.05) is 12.1 Å². The average Bonchev–Trinajstić information content (AvgIpc) is 3.04. The summed E-state index contributed by atoms with van der Waals surface area (Å²) in [7, 11) is 0. The lowest BCUT2D eigenvalue weighted by molar-refractivity contribution is -0.277. The van der Waals surface area contributed by atoms with E-state index >= 15 is 0 Å². The monoisotopic (exact) mass is 432 g/mol. The Morgan fingerprint density at radius 1 is 0.968 bits per heavy atom. The van der Waals surface area contributed by atoms with Crippen LogP contribution in [0.4, 0.5) is 0 Å². The van der Waals surface area contributed by atoms with Gasteiger partial charge in [0.25, 0.3) is 0 Å². The summed E-state index contributed by atoms with van der Waals surface area (Å²) in [5.74, 6) is -1.02. The van der Waals surface area contributed by atoms with E-state index in [4.69, 9.17) is 14.2 Å². The van der Waals surface area contributed by atoms with Gasteiger partial charge in [-0.05, 0) is 29.8 Å². The summed E-state index contributed by atoms with van der Waals surface area (Å²) in [6.45, 7) is -0.567. The van der Waals surface area contributed by atoms with Crippen molar-refractivity contribution in [3.63, 3.8) is 0 Å². The zero-order valence-electron chi connectivity index (χ0n) is 16.0. The summed E-state index contributed by atoms with van der Waals surface area (Å²) in [6, 6.07) is 8.67. The molecule has 0 aliphatic carbocycles. The molecule has 164 valence electrons. The maximum absolute atomic E-state index is 12.2. The van der Waals surface area contributed by atoms with Crippen molar-refractivity contribution in [2.75, 3.05) is 6.61 Å². The fourth-order valence-corrected chi connectivity index (χ4v) is 3.36. The summed E-state index contributed by atoms with van der Waals surface area (Å²) in [6.07, 6.45) is -5.44. The number of carbonyl (C=O) groups is 1. The summed E-state index contributed by atoms with van der Waals surface area (Å²) in [5, 5.41) is 58.2. The van der Waals surface area contributed by atoms with E-state index in [0.717, 1.165) is 6.07 Å². The number of rotatable bonds is 4. The van der Waals surface area contributed by atoms with Crippen LogP contribution in [0.25, 0.3) is 11.6 Å². The van der Waals surface area contributed by atoms with Crippen molar-refractivity contribution in [2.24, 2.45) is 0 Å². The van der Waals surface area contributed by atoms with Crippen LogP contribution >= 0.6 is 0 Å². The number of phenolic OH excluding ortho intramolecular Hbond substituents is 2. The largest absolute Gasteiger partial charge is 0.504 e. The van der Waals surface area contributed by atoms with E-state index in [9.17, 15) is 35.4 Å². The molecule has 2 aromatic carbocycles. The van der Waals surface area contributed by atoms with E-state index in [1.54, 1.807) is 12.1 Å². The molecule has 0 radical (unpaired) electrons. The normalized spacial score (nSPS) is 29.0. The SMILES string of the molecule is O=C1Oc2cc(O)c(O)cc2C1=Cc1ccc(OC2OC(CO)C(O)C(O)C2O)cc1. The molecule has 0 saturated carbocycles. The van der Waals surface area contributed by atoms with Crippen LogP contribution in [0.1, 0.15) is 11.1 Å². The van der Waals surface area contributed by atoms with Crippen LogP contribution in [0, 0.1) is 0 Å². The number of benzene rings is 2. The van der Waals surface area contributed by atoms with E-state index in [1.807, 2.05) is 0 Å². The summed E-state index contributed by atoms with van der Waals surface area (Å²) in [5.41, 5.74) is 1.11. The zero-order chi connectivity index (χ0) is 22.3. The first kappa shape index (κ1) is 21.1. The minimum atomic E-state index is -1.55. The van der Waals surface area contributed by atoms with Gasteiger partial charge < -0.3 is 44.8 Å². The molecular formula is C21H20O10. The van der Waals surface area contributed by atoms with Crippen LogP contribution in [-0.2, 0) is 9.53 Å². The highest BCUT2D eigenvalue weighted by Gasteiger charge is 2.44. The van der Waals surface area contributed by atoms with Gasteiger partial charge in [-0.3, -0.25) is 0 Å². The van der Waals surface area contributed by atoms with Gasteiger partial charge in [-0.2, -0.15) is 0 Å². The maximum Gasteiger partial charge on any atom is 0.344 e. The van der Waals surface area contributed by atoms with Crippen LogP contribution in [0.5, 0.6) is 23.0 Å². The molecule has 5 atom stereocenters. The maximum atomic E-state index is 12.2. The lowest BCUT2D eigenvalue weighted by Gasteiger charge is -2.39. The van der Waals surface area contributed by atoms with Gasteiger partial charge in [0.15, 0.2) is 11.5 Å². The molecule has 2 aliphatic heterocycles. The van der Waals surface area contributed by atoms with Gasteiger partial charge in [0.05, 0.1) is 12.2 Å². The molecule has 6 N–H and O–H groups in total. The first-order valence-electron chi connectivity index (χ1n) is 9.36. The van der Waals surface area contributed by atoms with Gasteiger partial charge in [-0.25, -0.2) is 4.79 Å². The van der Waals surface area contributed by atoms with E-state index in [0.29, 0.717) is 11.1 Å². The molecule has 0 amide bonds. The minimum Gasteiger partial charge on any atom is -0.504 e. The number of carbonyl (C=O) groups excluding carboxylic acids is 1. The highest BCUT2D eigenvalue weighted by Crippen LogP contribution is 2.42. The number of fused-ring (bicyclic) bond motifs is 1. The molecule has 0 bridgehead atoms. The molecule has 31 heavy (non-hydrogen) atoms. The van der Waals surface area contributed by atoms with Gasteiger partial charge in [-0.15, -0.1) is 0 Å². The summed E-state index contributed by atoms with van der Waals surface area (Å²) in [4.78, 5) is 12.2. The van der Waals surface area contributed by atoms with E-state index < -0.39 is 49.0 Å². The molecule has 0 spiro atoms. The molecule has 10 heteroatoms. The van der Waals surface area contributed by atoms with Crippen molar-refractivity contribution in [3.8, 4) is 23.0 Å². The van der Waals surface area contributed by atoms with Crippen molar-refractivity contribution in [2.45, 2.75) is 30.7 Å². The van der Waals surface area contributed by atoms with Crippen molar-refractivity contribution in [1.82, 2.24) is 0 Å². The highest BCUT2D eigenvalue weighted by molar-refractivity contribution is 6.26. The van der Waals surface area contributed by atoms with Crippen molar-refractivity contribution in [3.05, 3.63) is 47.5 Å². The standard InChI is InChI=1S/C21H20O10/c22-8-16-17(25)18(26)19(27)21(31-16)29-10-3-1-9(2-4-10)5-12-11-6-13(23)14(24)7-15(11)30-20(12)28/h1-7,16-19,21-27H,8H2. The van der Waals surface area contributed by atoms with Crippen molar-refractivity contribution < 1.29 is 49.6 Å². The first-order valence-corrected chi connectivity index (χ1v) is 9.36. The average molecular weight is 432 g/mol. The Morgan fingerprint density at radius 3 is 2.32 bits per heavy atom. The highest BCUT2D eigenvalue weighted by atomic mass is 16.7. The van der Waals surface area contributed by atoms with E-state index in [1.165, 1.54) is 24.3 Å². The van der Waals surface area contributed by atoms with Crippen LogP contribution in [0.3, 0.4) is 0 Å². The number of aliphatic hydroxyl groups excluding tert-OH is 4. The Morgan fingerprint density at radius 2 is 1.65 bits per heavy atom. The van der Waals surface area contributed by atoms with Crippen LogP contribution in [-0.4, -0.2) is 73.9 Å². The Labute approximate surface area is 175 Å². The first-order chi connectivity index (χ1) is 14.8. The topological polar surface area (TPSA) is 166 Å². The Bertz CT molecular complexity index is 1010. The van der Waals surface area contributed by atoms with Gasteiger partial charge in [0.1, 0.15) is 35.9 Å². The van der Waals surface area contributed by atoms with Crippen molar-refractivity contribution >= 4 is 17.6 Å². The lowest BCUT2D eigenvalue weighted by Crippen LogP contribution is -2.60. The number of hydrogen-bond donors (Lipinski definition) is 6. The van der Waals surface area contributed by atoms with E-state index in [-0.39, 0.29) is 22.8 Å². The lowest BCUT2D eigenvalue weighted by atomic mass is 9.99. The zero-order valence-corrected chi connectivity index (χ0v) is 16.0.